The highest BCUT2D eigenvalue weighted by molar-refractivity contribution is 5.87. The Labute approximate surface area is 186 Å². The SMILES string of the molecule is COc1cc(CN(C)C(=O)C(NC(=O)NCc2ccccc2)C(C)C)ccc1OC(F)F. The van der Waals surface area contributed by atoms with E-state index in [0.717, 1.165) is 5.56 Å². The van der Waals surface area contributed by atoms with Gasteiger partial charge in [0.1, 0.15) is 6.04 Å². The number of halogens is 2. The van der Waals surface area contributed by atoms with Gasteiger partial charge in [0, 0.05) is 20.1 Å². The van der Waals surface area contributed by atoms with Crippen LogP contribution >= 0.6 is 0 Å². The van der Waals surface area contributed by atoms with E-state index in [2.05, 4.69) is 15.4 Å². The first-order chi connectivity index (χ1) is 15.2. The van der Waals surface area contributed by atoms with Crippen LogP contribution in [-0.2, 0) is 17.9 Å². The molecule has 0 aliphatic carbocycles. The van der Waals surface area contributed by atoms with Gasteiger partial charge in [-0.15, -0.1) is 0 Å². The highest BCUT2D eigenvalue weighted by Crippen LogP contribution is 2.29. The fraction of sp³-hybridized carbons (Fsp3) is 0.391. The summed E-state index contributed by atoms with van der Waals surface area (Å²) in [6, 6.07) is 12.7. The third-order valence-electron chi connectivity index (χ3n) is 4.76. The molecular formula is C23H29F2N3O4. The van der Waals surface area contributed by atoms with Gasteiger partial charge < -0.3 is 25.0 Å². The van der Waals surface area contributed by atoms with E-state index in [-0.39, 0.29) is 29.9 Å². The molecule has 0 heterocycles. The molecule has 0 spiro atoms. The normalized spacial score (nSPS) is 11.8. The average Bonchev–Trinajstić information content (AvgIpc) is 2.76. The molecule has 0 bridgehead atoms. The second-order valence-electron chi connectivity index (χ2n) is 7.59. The molecule has 0 aliphatic rings. The molecule has 0 fully saturated rings. The Hall–Kier alpha value is -3.36. The predicted octanol–water partition coefficient (Wildman–Crippen LogP) is 3.78. The van der Waals surface area contributed by atoms with E-state index >= 15 is 0 Å². The van der Waals surface area contributed by atoms with Gasteiger partial charge >= 0.3 is 12.6 Å². The Morgan fingerprint density at radius 3 is 2.31 bits per heavy atom. The van der Waals surface area contributed by atoms with Crippen LogP contribution < -0.4 is 20.1 Å². The molecule has 0 saturated heterocycles. The molecule has 2 aromatic carbocycles. The third kappa shape index (κ3) is 7.40. The summed E-state index contributed by atoms with van der Waals surface area (Å²) < 4.78 is 34.5. The first-order valence-corrected chi connectivity index (χ1v) is 10.2. The third-order valence-corrected chi connectivity index (χ3v) is 4.76. The molecule has 32 heavy (non-hydrogen) atoms. The van der Waals surface area contributed by atoms with Crippen molar-refractivity contribution in [3.63, 3.8) is 0 Å². The maximum Gasteiger partial charge on any atom is 0.387 e. The van der Waals surface area contributed by atoms with Crippen LogP contribution in [0.15, 0.2) is 48.5 Å². The summed E-state index contributed by atoms with van der Waals surface area (Å²) in [5.74, 6) is -0.370. The molecule has 174 valence electrons. The number of likely N-dealkylation sites (N-methyl/N-ethyl adjacent to an activating group) is 1. The number of urea groups is 1. The smallest absolute Gasteiger partial charge is 0.387 e. The molecule has 2 N–H and O–H groups in total. The maximum absolute atomic E-state index is 13.0. The van der Waals surface area contributed by atoms with Crippen molar-refractivity contribution in [1.82, 2.24) is 15.5 Å². The van der Waals surface area contributed by atoms with Crippen LogP contribution in [0.4, 0.5) is 13.6 Å². The Morgan fingerprint density at radius 1 is 1.03 bits per heavy atom. The van der Waals surface area contributed by atoms with E-state index in [1.807, 2.05) is 44.2 Å². The summed E-state index contributed by atoms with van der Waals surface area (Å²) in [6.07, 6.45) is 0. The number of hydrogen-bond acceptors (Lipinski definition) is 4. The van der Waals surface area contributed by atoms with Gasteiger partial charge in [-0.3, -0.25) is 4.79 Å². The monoisotopic (exact) mass is 449 g/mol. The number of methoxy groups -OCH3 is 1. The molecule has 0 aromatic heterocycles. The van der Waals surface area contributed by atoms with Crippen LogP contribution in [0.3, 0.4) is 0 Å². The molecule has 7 nitrogen and oxygen atoms in total. The lowest BCUT2D eigenvalue weighted by atomic mass is 10.0. The fourth-order valence-corrected chi connectivity index (χ4v) is 3.08. The maximum atomic E-state index is 13.0. The number of amides is 3. The minimum absolute atomic E-state index is 0.0861. The van der Waals surface area contributed by atoms with Crippen molar-refractivity contribution < 1.29 is 27.8 Å². The second-order valence-corrected chi connectivity index (χ2v) is 7.59. The predicted molar refractivity (Wildman–Crippen MR) is 117 cm³/mol. The number of carbonyl (C=O) groups is 2. The summed E-state index contributed by atoms with van der Waals surface area (Å²) in [7, 11) is 2.95. The van der Waals surface area contributed by atoms with Crippen molar-refractivity contribution in [2.24, 2.45) is 5.92 Å². The van der Waals surface area contributed by atoms with E-state index in [4.69, 9.17) is 4.74 Å². The van der Waals surface area contributed by atoms with Crippen molar-refractivity contribution >= 4 is 11.9 Å². The molecule has 1 atom stereocenters. The zero-order valence-corrected chi connectivity index (χ0v) is 18.6. The Balaban J connectivity index is 2.00. The number of nitrogens with zero attached hydrogens (tertiary/aromatic N) is 1. The molecular weight excluding hydrogens is 420 g/mol. The van der Waals surface area contributed by atoms with Crippen molar-refractivity contribution in [2.75, 3.05) is 14.2 Å². The van der Waals surface area contributed by atoms with Crippen LogP contribution in [0.1, 0.15) is 25.0 Å². The standard InChI is InChI=1S/C23H29F2N3O4/c1-15(2)20(27-23(30)26-13-16-8-6-5-7-9-16)21(29)28(3)14-17-10-11-18(32-22(24)25)19(12-17)31-4/h5-12,15,20,22H,13-14H2,1-4H3,(H2,26,27,30). The van der Waals surface area contributed by atoms with Crippen LogP contribution in [0.5, 0.6) is 11.5 Å². The summed E-state index contributed by atoms with van der Waals surface area (Å²) in [5.41, 5.74) is 1.61. The molecule has 3 amide bonds. The number of hydrogen-bond donors (Lipinski definition) is 2. The van der Waals surface area contributed by atoms with Gasteiger partial charge in [-0.2, -0.15) is 8.78 Å². The quantitative estimate of drug-likeness (QED) is 0.579. The van der Waals surface area contributed by atoms with Crippen LogP contribution in [-0.4, -0.2) is 43.6 Å². The van der Waals surface area contributed by atoms with Gasteiger partial charge in [-0.1, -0.05) is 50.2 Å². The fourth-order valence-electron chi connectivity index (χ4n) is 3.08. The summed E-state index contributed by atoms with van der Waals surface area (Å²) >= 11 is 0. The number of benzene rings is 2. The van der Waals surface area contributed by atoms with Gasteiger partial charge in [0.15, 0.2) is 11.5 Å². The van der Waals surface area contributed by atoms with Crippen LogP contribution in [0.2, 0.25) is 0 Å². The van der Waals surface area contributed by atoms with Gasteiger partial charge in [-0.05, 0) is 29.2 Å². The molecule has 0 saturated carbocycles. The van der Waals surface area contributed by atoms with E-state index in [1.54, 1.807) is 13.1 Å². The van der Waals surface area contributed by atoms with Gasteiger partial charge in [0.2, 0.25) is 5.91 Å². The summed E-state index contributed by atoms with van der Waals surface area (Å²) in [4.78, 5) is 26.8. The van der Waals surface area contributed by atoms with Crippen LogP contribution in [0, 0.1) is 5.92 Å². The van der Waals surface area contributed by atoms with E-state index < -0.39 is 18.7 Å². The molecule has 0 radical (unpaired) electrons. The number of alkyl halides is 2. The number of carbonyl (C=O) groups excluding carboxylic acids is 2. The lowest BCUT2D eigenvalue weighted by Crippen LogP contribution is -2.52. The topological polar surface area (TPSA) is 79.9 Å². The number of nitrogens with one attached hydrogen (secondary N) is 2. The molecule has 2 rings (SSSR count). The number of rotatable bonds is 10. The second kappa shape index (κ2) is 11.9. The molecule has 2 aromatic rings. The first-order valence-electron chi connectivity index (χ1n) is 10.2. The van der Waals surface area contributed by atoms with Gasteiger partial charge in [-0.25, -0.2) is 4.79 Å². The molecule has 1 unspecified atom stereocenters. The first kappa shape index (κ1) is 24.9. The highest BCUT2D eigenvalue weighted by atomic mass is 19.3. The lowest BCUT2D eigenvalue weighted by molar-refractivity contribution is -0.133. The largest absolute Gasteiger partial charge is 0.493 e. The zero-order chi connectivity index (χ0) is 23.7. The average molecular weight is 449 g/mol. The zero-order valence-electron chi connectivity index (χ0n) is 18.6. The molecule has 0 aliphatic heterocycles. The lowest BCUT2D eigenvalue weighted by Gasteiger charge is -2.27. The van der Waals surface area contributed by atoms with E-state index in [9.17, 15) is 18.4 Å². The van der Waals surface area contributed by atoms with Crippen molar-refractivity contribution in [2.45, 2.75) is 39.6 Å². The summed E-state index contributed by atoms with van der Waals surface area (Å²) in [5, 5.41) is 5.49. The van der Waals surface area contributed by atoms with Crippen molar-refractivity contribution in [1.29, 1.82) is 0 Å². The van der Waals surface area contributed by atoms with Gasteiger partial charge in [0.05, 0.1) is 7.11 Å². The van der Waals surface area contributed by atoms with Crippen LogP contribution in [0.25, 0.3) is 0 Å². The van der Waals surface area contributed by atoms with E-state index in [1.165, 1.54) is 24.1 Å². The molecule has 9 heteroatoms. The van der Waals surface area contributed by atoms with Crippen molar-refractivity contribution in [3.8, 4) is 11.5 Å². The number of ether oxygens (including phenoxy) is 2. The Bertz CT molecular complexity index is 894. The van der Waals surface area contributed by atoms with E-state index in [0.29, 0.717) is 12.1 Å². The Kier molecular flexibility index (Phi) is 9.24. The minimum Gasteiger partial charge on any atom is -0.493 e. The minimum atomic E-state index is -2.97. The summed E-state index contributed by atoms with van der Waals surface area (Å²) in [6.45, 7) is 1.25. The Morgan fingerprint density at radius 2 is 1.72 bits per heavy atom. The van der Waals surface area contributed by atoms with Crippen molar-refractivity contribution in [3.05, 3.63) is 59.7 Å². The highest BCUT2D eigenvalue weighted by Gasteiger charge is 2.27. The van der Waals surface area contributed by atoms with Gasteiger partial charge in [0.25, 0.3) is 0 Å².